The Hall–Kier alpha value is -0.930. The van der Waals surface area contributed by atoms with Crippen LogP contribution in [-0.2, 0) is 0 Å². The fraction of sp³-hybridized carbons (Fsp3) is 0.600. The van der Waals surface area contributed by atoms with E-state index < -0.39 is 0 Å². The van der Waals surface area contributed by atoms with Gasteiger partial charge in [-0.2, -0.15) is 0 Å². The van der Waals surface area contributed by atoms with E-state index in [0.717, 1.165) is 19.6 Å². The molecule has 2 rings (SSSR count). The van der Waals surface area contributed by atoms with Crippen LogP contribution in [0.4, 0.5) is 4.39 Å². The van der Waals surface area contributed by atoms with Crippen molar-refractivity contribution in [3.8, 4) is 0 Å². The second-order valence-electron chi connectivity index (χ2n) is 5.51. The molecule has 1 heterocycles. The number of nitrogens with one attached hydrogen (secondary N) is 1. The van der Waals surface area contributed by atoms with Gasteiger partial charge in [-0.05, 0) is 37.5 Å². The lowest BCUT2D eigenvalue weighted by molar-refractivity contribution is 0.110. The van der Waals surface area contributed by atoms with Crippen LogP contribution in [0.25, 0.3) is 0 Å². The monoisotopic (exact) mass is 250 g/mol. The molecular weight excluding hydrogens is 227 g/mol. The molecule has 1 aromatic carbocycles. The molecule has 0 radical (unpaired) electrons. The Bertz CT molecular complexity index is 367. The van der Waals surface area contributed by atoms with Gasteiger partial charge >= 0.3 is 0 Å². The molecule has 18 heavy (non-hydrogen) atoms. The van der Waals surface area contributed by atoms with Crippen LogP contribution < -0.4 is 5.32 Å². The van der Waals surface area contributed by atoms with Crippen molar-refractivity contribution in [1.29, 1.82) is 0 Å². The average molecular weight is 250 g/mol. The molecule has 0 amide bonds. The van der Waals surface area contributed by atoms with E-state index >= 15 is 0 Å². The molecule has 0 aliphatic carbocycles. The lowest BCUT2D eigenvalue weighted by Crippen LogP contribution is -2.55. The fourth-order valence-electron chi connectivity index (χ4n) is 2.74. The minimum absolute atomic E-state index is 0.158. The topological polar surface area (TPSA) is 15.3 Å². The summed E-state index contributed by atoms with van der Waals surface area (Å²) in [6.45, 7) is 9.89. The predicted molar refractivity (Wildman–Crippen MR) is 73.3 cm³/mol. The molecular formula is C15H23FN2. The summed E-state index contributed by atoms with van der Waals surface area (Å²) in [5, 5.41) is 3.44. The maximum absolute atomic E-state index is 12.9. The molecule has 0 spiro atoms. The summed E-state index contributed by atoms with van der Waals surface area (Å²) in [5.41, 5.74) is 1.22. The fourth-order valence-corrected chi connectivity index (χ4v) is 2.74. The number of hydrogen-bond donors (Lipinski definition) is 1. The van der Waals surface area contributed by atoms with Crippen molar-refractivity contribution in [2.45, 2.75) is 38.8 Å². The van der Waals surface area contributed by atoms with Crippen molar-refractivity contribution in [2.24, 2.45) is 0 Å². The van der Waals surface area contributed by atoms with Crippen molar-refractivity contribution >= 4 is 0 Å². The number of benzene rings is 1. The Balaban J connectivity index is 2.01. The maximum atomic E-state index is 12.9. The van der Waals surface area contributed by atoms with Gasteiger partial charge in [0.25, 0.3) is 0 Å². The second kappa shape index (κ2) is 5.81. The molecule has 1 fully saturated rings. The molecule has 1 aliphatic rings. The highest BCUT2D eigenvalue weighted by atomic mass is 19.1. The van der Waals surface area contributed by atoms with Crippen LogP contribution in [0.2, 0.25) is 0 Å². The van der Waals surface area contributed by atoms with Crippen molar-refractivity contribution < 1.29 is 4.39 Å². The highest BCUT2D eigenvalue weighted by Crippen LogP contribution is 2.20. The van der Waals surface area contributed by atoms with Crippen molar-refractivity contribution in [2.75, 3.05) is 19.6 Å². The quantitative estimate of drug-likeness (QED) is 0.887. The van der Waals surface area contributed by atoms with Crippen LogP contribution in [0.5, 0.6) is 0 Å². The highest BCUT2D eigenvalue weighted by molar-refractivity contribution is 5.20. The third-order valence-electron chi connectivity index (χ3n) is 3.94. The zero-order valence-corrected chi connectivity index (χ0v) is 11.5. The van der Waals surface area contributed by atoms with Gasteiger partial charge in [0.05, 0.1) is 0 Å². The molecule has 1 N–H and O–H groups in total. The normalized spacial score (nSPS) is 27.1. The minimum atomic E-state index is -0.158. The van der Waals surface area contributed by atoms with E-state index in [1.54, 1.807) is 12.1 Å². The van der Waals surface area contributed by atoms with Gasteiger partial charge in [-0.1, -0.05) is 19.1 Å². The number of nitrogens with zero attached hydrogens (tertiary/aromatic N) is 1. The zero-order chi connectivity index (χ0) is 13.1. The van der Waals surface area contributed by atoms with Crippen molar-refractivity contribution in [1.82, 2.24) is 10.2 Å². The Labute approximate surface area is 109 Å². The van der Waals surface area contributed by atoms with Gasteiger partial charge in [0.2, 0.25) is 0 Å². The molecule has 100 valence electrons. The van der Waals surface area contributed by atoms with Gasteiger partial charge in [-0.15, -0.1) is 0 Å². The van der Waals surface area contributed by atoms with E-state index in [-0.39, 0.29) is 5.82 Å². The van der Waals surface area contributed by atoms with Crippen LogP contribution in [0.3, 0.4) is 0 Å². The molecule has 1 aromatic rings. The second-order valence-corrected chi connectivity index (χ2v) is 5.51. The zero-order valence-electron chi connectivity index (χ0n) is 11.5. The first-order valence-corrected chi connectivity index (χ1v) is 6.80. The van der Waals surface area contributed by atoms with E-state index in [9.17, 15) is 4.39 Å². The first-order valence-electron chi connectivity index (χ1n) is 6.80. The molecule has 2 nitrogen and oxygen atoms in total. The largest absolute Gasteiger partial charge is 0.314 e. The summed E-state index contributed by atoms with van der Waals surface area (Å²) in [4.78, 5) is 2.55. The lowest BCUT2D eigenvalue weighted by Gasteiger charge is -2.40. The summed E-state index contributed by atoms with van der Waals surface area (Å²) < 4.78 is 12.9. The molecule has 0 saturated carbocycles. The summed E-state index contributed by atoms with van der Waals surface area (Å²) >= 11 is 0. The van der Waals surface area contributed by atoms with Gasteiger partial charge in [-0.3, -0.25) is 4.90 Å². The van der Waals surface area contributed by atoms with E-state index in [1.165, 1.54) is 5.56 Å². The van der Waals surface area contributed by atoms with Gasteiger partial charge < -0.3 is 5.32 Å². The van der Waals surface area contributed by atoms with E-state index in [1.807, 2.05) is 12.1 Å². The highest BCUT2D eigenvalue weighted by Gasteiger charge is 2.25. The number of hydrogen-bond acceptors (Lipinski definition) is 2. The Morgan fingerprint density at radius 1 is 1.22 bits per heavy atom. The SMILES string of the molecule is CC(CN1[C@H](C)CNC[C@@H]1C)c1ccc(F)cc1. The minimum Gasteiger partial charge on any atom is -0.314 e. The molecule has 3 heteroatoms. The summed E-state index contributed by atoms with van der Waals surface area (Å²) in [6, 6.07) is 8.04. The molecule has 0 bridgehead atoms. The Morgan fingerprint density at radius 2 is 1.78 bits per heavy atom. The smallest absolute Gasteiger partial charge is 0.123 e. The number of rotatable bonds is 3. The lowest BCUT2D eigenvalue weighted by atomic mass is 9.98. The van der Waals surface area contributed by atoms with Gasteiger partial charge in [0.15, 0.2) is 0 Å². The first-order chi connectivity index (χ1) is 8.58. The molecule has 1 unspecified atom stereocenters. The van der Waals surface area contributed by atoms with Crippen molar-refractivity contribution in [3.05, 3.63) is 35.6 Å². The summed E-state index contributed by atoms with van der Waals surface area (Å²) in [7, 11) is 0. The number of piperazine rings is 1. The Morgan fingerprint density at radius 3 is 2.33 bits per heavy atom. The standard InChI is InChI=1S/C15H23FN2/c1-11(14-4-6-15(16)7-5-14)10-18-12(2)8-17-9-13(18)3/h4-7,11-13,17H,8-10H2,1-3H3/t11?,12-,13+. The van der Waals surface area contributed by atoms with Gasteiger partial charge in [-0.25, -0.2) is 4.39 Å². The van der Waals surface area contributed by atoms with Crippen LogP contribution in [0, 0.1) is 5.82 Å². The van der Waals surface area contributed by atoms with Crippen molar-refractivity contribution in [3.63, 3.8) is 0 Å². The summed E-state index contributed by atoms with van der Waals surface area (Å²) in [6.07, 6.45) is 0. The molecule has 1 saturated heterocycles. The first kappa shape index (κ1) is 13.5. The molecule has 1 aliphatic heterocycles. The Kier molecular flexibility index (Phi) is 4.36. The van der Waals surface area contributed by atoms with E-state index in [4.69, 9.17) is 0 Å². The van der Waals surface area contributed by atoms with Crippen LogP contribution >= 0.6 is 0 Å². The van der Waals surface area contributed by atoms with Gasteiger partial charge in [0, 0.05) is 31.7 Å². The van der Waals surface area contributed by atoms with E-state index in [2.05, 4.69) is 31.0 Å². The summed E-state index contributed by atoms with van der Waals surface area (Å²) in [5.74, 6) is 0.281. The average Bonchev–Trinajstić information content (AvgIpc) is 2.34. The third-order valence-corrected chi connectivity index (χ3v) is 3.94. The van der Waals surface area contributed by atoms with Crippen LogP contribution in [0.15, 0.2) is 24.3 Å². The van der Waals surface area contributed by atoms with Gasteiger partial charge in [0.1, 0.15) is 5.82 Å². The van der Waals surface area contributed by atoms with E-state index in [0.29, 0.717) is 18.0 Å². The number of halogens is 1. The van der Waals surface area contributed by atoms with Crippen LogP contribution in [-0.4, -0.2) is 36.6 Å². The molecule has 3 atom stereocenters. The maximum Gasteiger partial charge on any atom is 0.123 e. The predicted octanol–water partition coefficient (Wildman–Crippen LogP) is 2.61. The van der Waals surface area contributed by atoms with Crippen LogP contribution in [0.1, 0.15) is 32.3 Å². The third kappa shape index (κ3) is 3.09. The molecule has 0 aromatic heterocycles.